The predicted molar refractivity (Wildman–Crippen MR) is 112 cm³/mol. The van der Waals surface area contributed by atoms with Crippen LogP contribution in [0.25, 0.3) is 0 Å². The first-order chi connectivity index (χ1) is 13.9. The molecular weight excluding hydrogens is 410 g/mol. The Morgan fingerprint density at radius 3 is 2.55 bits per heavy atom. The summed E-state index contributed by atoms with van der Waals surface area (Å²) >= 11 is 6.12. The van der Waals surface area contributed by atoms with Crippen molar-refractivity contribution in [3.05, 3.63) is 64.7 Å². The first kappa shape index (κ1) is 19.9. The zero-order chi connectivity index (χ0) is 20.4. The second kappa shape index (κ2) is 8.16. The van der Waals surface area contributed by atoms with Crippen molar-refractivity contribution in [1.29, 1.82) is 0 Å². The van der Waals surface area contributed by atoms with Gasteiger partial charge in [0, 0.05) is 22.2 Å². The Balaban J connectivity index is 1.68. The monoisotopic (exact) mass is 431 g/mol. The molecule has 0 saturated heterocycles. The first-order valence-corrected chi connectivity index (χ1v) is 11.5. The molecule has 1 aliphatic heterocycles. The van der Waals surface area contributed by atoms with Crippen molar-refractivity contribution in [2.24, 2.45) is 5.10 Å². The van der Waals surface area contributed by atoms with Crippen LogP contribution in [0.1, 0.15) is 43.2 Å². The topological polar surface area (TPSA) is 78.8 Å². The molecule has 8 heteroatoms. The van der Waals surface area contributed by atoms with E-state index in [1.807, 2.05) is 30.3 Å². The Morgan fingerprint density at radius 1 is 1.10 bits per heavy atom. The molecule has 1 N–H and O–H groups in total. The summed E-state index contributed by atoms with van der Waals surface area (Å²) in [6.07, 6.45) is 5.20. The Labute approximate surface area is 175 Å². The number of rotatable bonds is 4. The molecule has 152 valence electrons. The molecule has 1 aliphatic carbocycles. The number of nitrogens with one attached hydrogen (secondary N) is 1. The van der Waals surface area contributed by atoms with E-state index in [1.165, 1.54) is 18.6 Å². The maximum absolute atomic E-state index is 13.1. The number of fused-ring (bicyclic) bond motifs is 1. The van der Waals surface area contributed by atoms with Crippen LogP contribution in [0.3, 0.4) is 0 Å². The molecule has 1 saturated carbocycles. The molecule has 0 atom stereocenters. The molecule has 1 heterocycles. The van der Waals surface area contributed by atoms with Crippen molar-refractivity contribution in [2.45, 2.75) is 43.0 Å². The van der Waals surface area contributed by atoms with Gasteiger partial charge in [-0.05, 0) is 31.0 Å². The van der Waals surface area contributed by atoms with Crippen LogP contribution in [0, 0.1) is 0 Å². The van der Waals surface area contributed by atoms with Crippen molar-refractivity contribution < 1.29 is 13.2 Å². The smallest absolute Gasteiger partial charge is 0.280 e. The molecule has 0 unspecified atom stereocenters. The summed E-state index contributed by atoms with van der Waals surface area (Å²) in [5.74, 6) is -0.339. The lowest BCUT2D eigenvalue weighted by molar-refractivity contribution is -0.122. The number of hydrogen-bond donors (Lipinski definition) is 1. The number of benzene rings is 2. The highest BCUT2D eigenvalue weighted by Crippen LogP contribution is 2.31. The van der Waals surface area contributed by atoms with E-state index < -0.39 is 10.0 Å². The number of halogens is 1. The Hall–Kier alpha value is -2.38. The summed E-state index contributed by atoms with van der Waals surface area (Å²) in [7, 11) is -3.95. The van der Waals surface area contributed by atoms with Crippen LogP contribution in [-0.4, -0.2) is 37.0 Å². The van der Waals surface area contributed by atoms with Crippen molar-refractivity contribution in [1.82, 2.24) is 9.73 Å². The van der Waals surface area contributed by atoms with E-state index in [0.717, 1.165) is 35.7 Å². The minimum Gasteiger partial charge on any atom is -0.352 e. The summed E-state index contributed by atoms with van der Waals surface area (Å²) in [5, 5.41) is 7.74. The Bertz CT molecular complexity index is 1050. The zero-order valence-electron chi connectivity index (χ0n) is 15.8. The van der Waals surface area contributed by atoms with Gasteiger partial charge in [0.2, 0.25) is 5.91 Å². The van der Waals surface area contributed by atoms with Crippen LogP contribution >= 0.6 is 11.6 Å². The normalized spacial score (nSPS) is 18.7. The Kier molecular flexibility index (Phi) is 5.61. The van der Waals surface area contributed by atoms with E-state index in [0.29, 0.717) is 16.3 Å². The largest absolute Gasteiger partial charge is 0.352 e. The van der Waals surface area contributed by atoms with Crippen LogP contribution in [0.5, 0.6) is 0 Å². The molecule has 0 radical (unpaired) electrons. The van der Waals surface area contributed by atoms with Crippen LogP contribution in [0.4, 0.5) is 0 Å². The molecule has 2 aliphatic rings. The maximum atomic E-state index is 13.1. The molecule has 0 spiro atoms. The highest BCUT2D eigenvalue weighted by molar-refractivity contribution is 7.89. The van der Waals surface area contributed by atoms with Gasteiger partial charge in [-0.2, -0.15) is 17.9 Å². The number of carbonyl (C=O) groups is 1. The summed E-state index contributed by atoms with van der Waals surface area (Å²) < 4.78 is 27.1. The minimum absolute atomic E-state index is 0.0984. The lowest BCUT2D eigenvalue weighted by atomic mass is 9.95. The van der Waals surface area contributed by atoms with E-state index in [2.05, 4.69) is 10.4 Å². The van der Waals surface area contributed by atoms with E-state index in [1.54, 1.807) is 6.07 Å². The van der Waals surface area contributed by atoms with Crippen LogP contribution in [0.2, 0.25) is 5.02 Å². The first-order valence-electron chi connectivity index (χ1n) is 9.71. The average molecular weight is 432 g/mol. The van der Waals surface area contributed by atoms with Crippen molar-refractivity contribution >= 4 is 33.2 Å². The molecule has 2 aromatic carbocycles. The van der Waals surface area contributed by atoms with E-state index >= 15 is 0 Å². The summed E-state index contributed by atoms with van der Waals surface area (Å²) in [4.78, 5) is 12.7. The van der Waals surface area contributed by atoms with Gasteiger partial charge in [0.25, 0.3) is 10.0 Å². The number of amides is 1. The quantitative estimate of drug-likeness (QED) is 0.804. The van der Waals surface area contributed by atoms with E-state index in [9.17, 15) is 13.2 Å². The molecule has 1 amide bonds. The number of carbonyl (C=O) groups excluding carboxylic acids is 1. The predicted octanol–water partition coefficient (Wildman–Crippen LogP) is 3.55. The van der Waals surface area contributed by atoms with Gasteiger partial charge in [-0.25, -0.2) is 0 Å². The van der Waals surface area contributed by atoms with Crippen molar-refractivity contribution in [2.75, 3.05) is 6.54 Å². The third kappa shape index (κ3) is 4.16. The van der Waals surface area contributed by atoms with Crippen LogP contribution < -0.4 is 5.32 Å². The molecule has 4 rings (SSSR count). The van der Waals surface area contributed by atoms with Crippen molar-refractivity contribution in [3.63, 3.8) is 0 Å². The average Bonchev–Trinajstić information content (AvgIpc) is 2.71. The van der Waals surface area contributed by atoms with Gasteiger partial charge < -0.3 is 5.32 Å². The maximum Gasteiger partial charge on any atom is 0.280 e. The van der Waals surface area contributed by atoms with Gasteiger partial charge in [-0.3, -0.25) is 4.79 Å². The third-order valence-corrected chi connectivity index (χ3v) is 7.17. The SMILES string of the molecule is O=C(CN1N=C(c2ccccc2)c2cc(Cl)ccc2S1(=O)=O)NC1CCCCC1. The number of nitrogens with zero attached hydrogens (tertiary/aromatic N) is 2. The molecular formula is C21H22ClN3O3S. The summed E-state index contributed by atoms with van der Waals surface area (Å²) in [6, 6.07) is 14.0. The number of hydrazone groups is 1. The highest BCUT2D eigenvalue weighted by atomic mass is 35.5. The van der Waals surface area contributed by atoms with Crippen molar-refractivity contribution in [3.8, 4) is 0 Å². The number of sulfonamides is 1. The fourth-order valence-corrected chi connectivity index (χ4v) is 5.37. The zero-order valence-corrected chi connectivity index (χ0v) is 17.4. The number of hydrogen-bond acceptors (Lipinski definition) is 4. The van der Waals surface area contributed by atoms with Gasteiger partial charge in [0.1, 0.15) is 12.3 Å². The summed E-state index contributed by atoms with van der Waals surface area (Å²) in [5.41, 5.74) is 1.67. The standard InChI is InChI=1S/C21H22ClN3O3S/c22-16-11-12-19-18(13-16)21(15-7-3-1-4-8-15)24-25(29(19,27)28)14-20(26)23-17-9-5-2-6-10-17/h1,3-4,7-8,11-13,17H,2,5-6,9-10,14H2,(H,23,26). The van der Waals surface area contributed by atoms with E-state index in [4.69, 9.17) is 11.6 Å². The van der Waals surface area contributed by atoms with Crippen LogP contribution in [0.15, 0.2) is 58.5 Å². The van der Waals surface area contributed by atoms with Gasteiger partial charge in [-0.1, -0.05) is 61.2 Å². The molecule has 2 aromatic rings. The van der Waals surface area contributed by atoms with Gasteiger partial charge in [0.15, 0.2) is 0 Å². The van der Waals surface area contributed by atoms with Crippen LogP contribution in [-0.2, 0) is 14.8 Å². The molecule has 6 nitrogen and oxygen atoms in total. The van der Waals surface area contributed by atoms with Gasteiger partial charge in [0.05, 0.1) is 4.90 Å². The second-order valence-electron chi connectivity index (χ2n) is 7.34. The lowest BCUT2D eigenvalue weighted by Gasteiger charge is -2.28. The molecule has 1 fully saturated rings. The highest BCUT2D eigenvalue weighted by Gasteiger charge is 2.35. The molecule has 29 heavy (non-hydrogen) atoms. The fourth-order valence-electron chi connectivity index (χ4n) is 3.82. The fraction of sp³-hybridized carbons (Fsp3) is 0.333. The summed E-state index contributed by atoms with van der Waals surface area (Å²) in [6.45, 7) is -0.350. The molecule has 0 bridgehead atoms. The minimum atomic E-state index is -3.95. The second-order valence-corrected chi connectivity index (χ2v) is 9.59. The van der Waals surface area contributed by atoms with Gasteiger partial charge in [-0.15, -0.1) is 0 Å². The van der Waals surface area contributed by atoms with E-state index in [-0.39, 0.29) is 23.4 Å². The lowest BCUT2D eigenvalue weighted by Crippen LogP contribution is -2.44. The van der Waals surface area contributed by atoms with Gasteiger partial charge >= 0.3 is 0 Å². The Morgan fingerprint density at radius 2 is 1.83 bits per heavy atom. The molecule has 0 aromatic heterocycles. The third-order valence-electron chi connectivity index (χ3n) is 5.26.